The number of imidazole rings is 1. The molecule has 0 aliphatic heterocycles. The molecule has 0 radical (unpaired) electrons. The molecule has 1 heterocycles. The summed E-state index contributed by atoms with van der Waals surface area (Å²) in [4.78, 5) is 5.76. The number of aryl methyl sites for hydroxylation is 1. The zero-order valence-electron chi connectivity index (χ0n) is 7.82. The molecule has 1 atom stereocenters. The summed E-state index contributed by atoms with van der Waals surface area (Å²) in [6.07, 6.45) is 1.25. The number of aromatic nitrogens is 2. The van der Waals surface area contributed by atoms with Gasteiger partial charge >= 0.3 is 11.4 Å². The van der Waals surface area contributed by atoms with Crippen molar-refractivity contribution in [2.45, 2.75) is 13.5 Å². The molecule has 4 nitrogen and oxygen atoms in total. The fourth-order valence-electron chi connectivity index (χ4n) is 1.05. The van der Waals surface area contributed by atoms with Crippen LogP contribution in [0.3, 0.4) is 0 Å². The van der Waals surface area contributed by atoms with Crippen LogP contribution in [0.4, 0.5) is 3.89 Å². The predicted octanol–water partition coefficient (Wildman–Crippen LogP) is 0.649. The Morgan fingerprint density at radius 3 is 2.77 bits per heavy atom. The molecule has 1 aromatic rings. The van der Waals surface area contributed by atoms with E-state index in [-0.39, 0.29) is 0 Å². The van der Waals surface area contributed by atoms with Gasteiger partial charge in [0.25, 0.3) is 0 Å². The van der Waals surface area contributed by atoms with Gasteiger partial charge in [0, 0.05) is 6.54 Å². The van der Waals surface area contributed by atoms with Gasteiger partial charge in [0.05, 0.1) is 11.4 Å². The highest BCUT2D eigenvalue weighted by molar-refractivity contribution is 7.78. The van der Waals surface area contributed by atoms with Crippen LogP contribution in [0.15, 0.2) is 6.33 Å². The van der Waals surface area contributed by atoms with Crippen LogP contribution in [0.25, 0.3) is 0 Å². The second kappa shape index (κ2) is 3.97. The summed E-state index contributed by atoms with van der Waals surface area (Å²) in [5.74, 6) is 0. The second-order valence-electron chi connectivity index (χ2n) is 3.05. The fourth-order valence-corrected chi connectivity index (χ4v) is 1.53. The first-order valence-electron chi connectivity index (χ1n) is 3.78. The molecule has 1 aromatic heterocycles. The van der Waals surface area contributed by atoms with Crippen LogP contribution in [0.2, 0.25) is 0 Å². The molecule has 0 saturated heterocycles. The number of hydrogen-bond donors (Lipinski definition) is 0. The van der Waals surface area contributed by atoms with Crippen molar-refractivity contribution in [3.05, 3.63) is 17.7 Å². The van der Waals surface area contributed by atoms with Gasteiger partial charge in [-0.15, -0.1) is 3.89 Å². The van der Waals surface area contributed by atoms with E-state index in [1.165, 1.54) is 6.33 Å². The minimum absolute atomic E-state index is 0.529. The maximum absolute atomic E-state index is 12.5. The summed E-state index contributed by atoms with van der Waals surface area (Å²) in [5, 5.41) is 0. The zero-order valence-corrected chi connectivity index (χ0v) is 8.64. The lowest BCUT2D eigenvalue weighted by Gasteiger charge is -2.10. The van der Waals surface area contributed by atoms with Gasteiger partial charge in [0.15, 0.2) is 0 Å². The number of halogens is 1. The van der Waals surface area contributed by atoms with Crippen molar-refractivity contribution < 1.29 is 8.09 Å². The third-order valence-corrected chi connectivity index (χ3v) is 2.28. The molecule has 13 heavy (non-hydrogen) atoms. The molecule has 0 N–H and O–H groups in total. The highest BCUT2D eigenvalue weighted by Gasteiger charge is 2.12. The fraction of sp³-hybridized carbons (Fsp3) is 0.571. The summed E-state index contributed by atoms with van der Waals surface area (Å²) in [5.41, 5.74) is 1.35. The van der Waals surface area contributed by atoms with Crippen molar-refractivity contribution >= 4 is 11.4 Å². The molecule has 0 spiro atoms. The van der Waals surface area contributed by atoms with E-state index in [9.17, 15) is 8.09 Å². The van der Waals surface area contributed by atoms with Crippen LogP contribution in [0, 0.1) is 6.92 Å². The van der Waals surface area contributed by atoms with Gasteiger partial charge in [-0.2, -0.15) is 4.21 Å². The molecule has 0 saturated carbocycles. The van der Waals surface area contributed by atoms with Crippen molar-refractivity contribution in [1.82, 2.24) is 13.9 Å². The topological polar surface area (TPSA) is 38.1 Å². The van der Waals surface area contributed by atoms with Crippen LogP contribution in [-0.4, -0.2) is 32.2 Å². The molecular formula is C7H12FN3OS. The molecule has 74 valence electrons. The Kier molecular flexibility index (Phi) is 3.16. The molecule has 0 amide bonds. The van der Waals surface area contributed by atoms with Gasteiger partial charge in [0.1, 0.15) is 6.33 Å². The van der Waals surface area contributed by atoms with E-state index in [0.717, 1.165) is 3.97 Å². The maximum atomic E-state index is 12.5. The van der Waals surface area contributed by atoms with E-state index in [1.54, 1.807) is 6.92 Å². The van der Waals surface area contributed by atoms with E-state index in [1.807, 2.05) is 19.0 Å². The first-order chi connectivity index (χ1) is 6.02. The van der Waals surface area contributed by atoms with Crippen molar-refractivity contribution in [3.63, 3.8) is 0 Å². The number of rotatable bonds is 3. The molecule has 1 rings (SSSR count). The number of hydrogen-bond acceptors (Lipinski definition) is 3. The van der Waals surface area contributed by atoms with Gasteiger partial charge in [-0.1, -0.05) is 0 Å². The summed E-state index contributed by atoms with van der Waals surface area (Å²) >= 11 is -2.51. The smallest absolute Gasteiger partial charge is 0.304 e. The summed E-state index contributed by atoms with van der Waals surface area (Å²) < 4.78 is 24.2. The molecule has 0 aromatic carbocycles. The first-order valence-corrected chi connectivity index (χ1v) is 4.79. The lowest BCUT2D eigenvalue weighted by Crippen LogP contribution is -2.15. The van der Waals surface area contributed by atoms with Crippen LogP contribution in [0.5, 0.6) is 0 Å². The monoisotopic (exact) mass is 205 g/mol. The van der Waals surface area contributed by atoms with E-state index in [2.05, 4.69) is 4.98 Å². The Bertz CT molecular complexity index is 324. The third kappa shape index (κ3) is 2.35. The quantitative estimate of drug-likeness (QED) is 0.680. The van der Waals surface area contributed by atoms with Gasteiger partial charge < -0.3 is 4.90 Å². The molecule has 1 unspecified atom stereocenters. The lowest BCUT2D eigenvalue weighted by atomic mass is 10.3. The first kappa shape index (κ1) is 10.3. The minimum atomic E-state index is -2.51. The summed E-state index contributed by atoms with van der Waals surface area (Å²) in [6.45, 7) is 2.30. The van der Waals surface area contributed by atoms with Gasteiger partial charge in [-0.25, -0.2) is 8.96 Å². The summed E-state index contributed by atoms with van der Waals surface area (Å²) in [6, 6.07) is 0. The van der Waals surface area contributed by atoms with E-state index >= 15 is 0 Å². The van der Waals surface area contributed by atoms with Crippen molar-refractivity contribution in [2.24, 2.45) is 0 Å². The van der Waals surface area contributed by atoms with E-state index in [0.29, 0.717) is 17.9 Å². The Labute approximate surface area is 79.3 Å². The van der Waals surface area contributed by atoms with Gasteiger partial charge in [-0.05, 0) is 21.0 Å². The Morgan fingerprint density at radius 1 is 1.69 bits per heavy atom. The Morgan fingerprint density at radius 2 is 2.31 bits per heavy atom. The molecule has 0 bridgehead atoms. The second-order valence-corrected chi connectivity index (χ2v) is 3.85. The minimum Gasteiger partial charge on any atom is -0.304 e. The Balaban J connectivity index is 3.01. The SMILES string of the molecule is Cc1ncn(S(=O)F)c1CN(C)C. The Hall–Kier alpha value is -0.750. The molecule has 0 aliphatic carbocycles. The zero-order chi connectivity index (χ0) is 10.0. The van der Waals surface area contributed by atoms with Gasteiger partial charge in [-0.3, -0.25) is 0 Å². The van der Waals surface area contributed by atoms with Crippen LogP contribution < -0.4 is 0 Å². The van der Waals surface area contributed by atoms with Crippen molar-refractivity contribution in [1.29, 1.82) is 0 Å². The normalized spacial score (nSPS) is 13.6. The van der Waals surface area contributed by atoms with Crippen molar-refractivity contribution in [2.75, 3.05) is 14.1 Å². The molecule has 0 fully saturated rings. The highest BCUT2D eigenvalue weighted by Crippen LogP contribution is 2.10. The van der Waals surface area contributed by atoms with Crippen molar-refractivity contribution in [3.8, 4) is 0 Å². The average molecular weight is 205 g/mol. The average Bonchev–Trinajstić information content (AvgIpc) is 2.32. The molecule has 0 aliphatic rings. The van der Waals surface area contributed by atoms with Gasteiger partial charge in [0.2, 0.25) is 0 Å². The van der Waals surface area contributed by atoms with Crippen LogP contribution in [-0.2, 0) is 17.9 Å². The number of nitrogens with zero attached hydrogens (tertiary/aromatic N) is 3. The standard InChI is InChI=1S/C7H12FN3OS/c1-6-7(4-10(2)3)11(5-9-6)13(8)12/h5H,4H2,1-3H3. The largest absolute Gasteiger partial charge is 0.309 e. The third-order valence-electron chi connectivity index (χ3n) is 1.66. The van der Waals surface area contributed by atoms with Crippen LogP contribution >= 0.6 is 0 Å². The lowest BCUT2D eigenvalue weighted by molar-refractivity contribution is 0.394. The van der Waals surface area contributed by atoms with E-state index in [4.69, 9.17) is 0 Å². The molecule has 6 heteroatoms. The molecular weight excluding hydrogens is 193 g/mol. The predicted molar refractivity (Wildman–Crippen MR) is 49.0 cm³/mol. The van der Waals surface area contributed by atoms with Crippen LogP contribution in [0.1, 0.15) is 11.4 Å². The van der Waals surface area contributed by atoms with E-state index < -0.39 is 11.4 Å². The summed E-state index contributed by atoms with van der Waals surface area (Å²) in [7, 11) is 3.72. The maximum Gasteiger partial charge on any atom is 0.309 e. The highest BCUT2D eigenvalue weighted by atomic mass is 32.2.